The number of aliphatic hydroxyl groups is 1. The lowest BCUT2D eigenvalue weighted by molar-refractivity contribution is -0.771. The molecule has 1 N–H and O–H groups in total. The molecule has 0 radical (unpaired) electrons. The third-order valence-electron chi connectivity index (χ3n) is 4.34. The van der Waals surface area contributed by atoms with Gasteiger partial charge in [-0.2, -0.15) is 0 Å². The number of hydrogen-bond donors (Lipinski definition) is 1. The van der Waals surface area contributed by atoms with Gasteiger partial charge in [-0.25, -0.2) is 0 Å². The normalized spacial score (nSPS) is 46.8. The van der Waals surface area contributed by atoms with Gasteiger partial charge in [0.15, 0.2) is 0 Å². The van der Waals surface area contributed by atoms with Crippen molar-refractivity contribution in [3.63, 3.8) is 0 Å². The molecule has 1 unspecified atom stereocenters. The first-order chi connectivity index (χ1) is 6.77. The van der Waals surface area contributed by atoms with E-state index in [0.29, 0.717) is 6.42 Å². The topological polar surface area (TPSA) is 72.6 Å². The van der Waals surface area contributed by atoms with Crippen molar-refractivity contribution >= 4 is 0 Å². The summed E-state index contributed by atoms with van der Waals surface area (Å²) in [6.07, 6.45) is 0.674. The van der Waals surface area contributed by atoms with E-state index in [2.05, 4.69) is 0 Å². The molecule has 0 heterocycles. The number of rotatable bonds is 2. The largest absolute Gasteiger partial charge is 0.392 e. The fourth-order valence-corrected chi connectivity index (χ4v) is 3.61. The molecule has 0 aromatic heterocycles. The Labute approximate surface area is 88.5 Å². The molecule has 2 aliphatic rings. The highest BCUT2D eigenvalue weighted by Crippen LogP contribution is 2.63. The average Bonchev–Trinajstić information content (AvgIpc) is 2.48. The number of aliphatic hydroxyl groups excluding tert-OH is 1. The molecular weight excluding hydrogens is 198 g/mol. The summed E-state index contributed by atoms with van der Waals surface area (Å²) in [6.45, 7) is 5.91. The van der Waals surface area contributed by atoms with E-state index in [1.807, 2.05) is 20.8 Å². The van der Waals surface area contributed by atoms with Gasteiger partial charge in [0.25, 0.3) is 5.09 Å². The molecule has 2 fully saturated rings. The molecule has 5 heteroatoms. The van der Waals surface area contributed by atoms with Gasteiger partial charge in [0.2, 0.25) is 0 Å². The maximum Gasteiger partial charge on any atom is 0.294 e. The standard InChI is InChI=1S/C10H17NO4/c1-9(2)6-4-10(3,8(9)12)5-7(6)15-11(13)14/h6-8,12H,4-5H2,1-3H3/t6-,7?,8-,10-/m1/s1. The first kappa shape index (κ1) is 10.7. The zero-order valence-electron chi connectivity index (χ0n) is 9.27. The molecule has 2 saturated carbocycles. The molecule has 2 aliphatic carbocycles. The summed E-state index contributed by atoms with van der Waals surface area (Å²) in [6, 6.07) is 0. The molecule has 5 nitrogen and oxygen atoms in total. The zero-order valence-corrected chi connectivity index (χ0v) is 9.27. The molecule has 0 saturated heterocycles. The Morgan fingerprint density at radius 3 is 2.40 bits per heavy atom. The van der Waals surface area contributed by atoms with Gasteiger partial charge in [0.05, 0.1) is 6.10 Å². The third kappa shape index (κ3) is 1.33. The summed E-state index contributed by atoms with van der Waals surface area (Å²) in [5.41, 5.74) is -0.498. The summed E-state index contributed by atoms with van der Waals surface area (Å²) in [7, 11) is 0. The first-order valence-corrected chi connectivity index (χ1v) is 5.26. The summed E-state index contributed by atoms with van der Waals surface area (Å²) in [4.78, 5) is 15.1. The maximum absolute atomic E-state index is 10.3. The molecular formula is C10H17NO4. The monoisotopic (exact) mass is 215 g/mol. The molecule has 2 rings (SSSR count). The van der Waals surface area contributed by atoms with Crippen molar-refractivity contribution < 1.29 is 15.0 Å². The van der Waals surface area contributed by atoms with Crippen LogP contribution in [0.1, 0.15) is 33.6 Å². The van der Waals surface area contributed by atoms with E-state index in [-0.39, 0.29) is 29.0 Å². The van der Waals surface area contributed by atoms with Crippen LogP contribution in [-0.4, -0.2) is 22.4 Å². The fourth-order valence-electron chi connectivity index (χ4n) is 3.61. The van der Waals surface area contributed by atoms with Crippen LogP contribution in [0.3, 0.4) is 0 Å². The average molecular weight is 215 g/mol. The second-order valence-corrected chi connectivity index (χ2v) is 5.76. The van der Waals surface area contributed by atoms with E-state index in [0.717, 1.165) is 6.42 Å². The Bertz CT molecular complexity index is 299. The molecule has 2 bridgehead atoms. The minimum absolute atomic E-state index is 0.0860. The summed E-state index contributed by atoms with van der Waals surface area (Å²) < 4.78 is 0. The van der Waals surface area contributed by atoms with Crippen LogP contribution in [0.5, 0.6) is 0 Å². The van der Waals surface area contributed by atoms with Crippen molar-refractivity contribution in [1.29, 1.82) is 0 Å². The van der Waals surface area contributed by atoms with Gasteiger partial charge in [-0.3, -0.25) is 0 Å². The highest BCUT2D eigenvalue weighted by atomic mass is 17.0. The van der Waals surface area contributed by atoms with Gasteiger partial charge in [-0.05, 0) is 29.6 Å². The van der Waals surface area contributed by atoms with Gasteiger partial charge in [-0.1, -0.05) is 20.8 Å². The molecule has 4 atom stereocenters. The molecule has 0 aliphatic heterocycles. The van der Waals surface area contributed by atoms with Crippen molar-refractivity contribution in [2.75, 3.05) is 0 Å². The Morgan fingerprint density at radius 2 is 2.00 bits per heavy atom. The fraction of sp³-hybridized carbons (Fsp3) is 1.00. The molecule has 0 amide bonds. The van der Waals surface area contributed by atoms with Gasteiger partial charge in [0, 0.05) is 0 Å². The van der Waals surface area contributed by atoms with Crippen molar-refractivity contribution in [2.24, 2.45) is 16.7 Å². The quantitative estimate of drug-likeness (QED) is 0.558. The highest BCUT2D eigenvalue weighted by molar-refractivity contribution is 5.12. The maximum atomic E-state index is 10.3. The second kappa shape index (κ2) is 2.84. The Balaban J connectivity index is 2.22. The second-order valence-electron chi connectivity index (χ2n) is 5.76. The third-order valence-corrected chi connectivity index (χ3v) is 4.34. The predicted molar refractivity (Wildman–Crippen MR) is 52.5 cm³/mol. The summed E-state index contributed by atoms with van der Waals surface area (Å²) >= 11 is 0. The Hall–Kier alpha value is -0.840. The van der Waals surface area contributed by atoms with Gasteiger partial charge >= 0.3 is 0 Å². The minimum Gasteiger partial charge on any atom is -0.392 e. The Kier molecular flexibility index (Phi) is 2.02. The lowest BCUT2D eigenvalue weighted by Crippen LogP contribution is -2.46. The molecule has 86 valence electrons. The molecule has 0 aromatic carbocycles. The Morgan fingerprint density at radius 1 is 1.40 bits per heavy atom. The van der Waals surface area contributed by atoms with E-state index in [1.165, 1.54) is 0 Å². The van der Waals surface area contributed by atoms with Gasteiger partial charge in [-0.15, -0.1) is 10.1 Å². The highest BCUT2D eigenvalue weighted by Gasteiger charge is 2.64. The van der Waals surface area contributed by atoms with Crippen LogP contribution in [0.2, 0.25) is 0 Å². The number of fused-ring (bicyclic) bond motifs is 2. The van der Waals surface area contributed by atoms with E-state index >= 15 is 0 Å². The van der Waals surface area contributed by atoms with Crippen LogP contribution in [0, 0.1) is 26.9 Å². The number of nitrogens with zero attached hydrogens (tertiary/aromatic N) is 1. The van der Waals surface area contributed by atoms with E-state index in [1.54, 1.807) is 0 Å². The molecule has 15 heavy (non-hydrogen) atoms. The first-order valence-electron chi connectivity index (χ1n) is 5.26. The van der Waals surface area contributed by atoms with Gasteiger partial charge in [0.1, 0.15) is 6.10 Å². The van der Waals surface area contributed by atoms with Crippen LogP contribution in [-0.2, 0) is 4.84 Å². The van der Waals surface area contributed by atoms with E-state index in [4.69, 9.17) is 4.84 Å². The van der Waals surface area contributed by atoms with Crippen molar-refractivity contribution in [3.8, 4) is 0 Å². The predicted octanol–water partition coefficient (Wildman–Crippen LogP) is 1.38. The van der Waals surface area contributed by atoms with Crippen LogP contribution in [0.25, 0.3) is 0 Å². The van der Waals surface area contributed by atoms with Crippen molar-refractivity contribution in [2.45, 2.75) is 45.8 Å². The minimum atomic E-state index is -0.711. The number of hydrogen-bond acceptors (Lipinski definition) is 4. The van der Waals surface area contributed by atoms with E-state index < -0.39 is 5.09 Å². The SMILES string of the molecule is CC1(C)[C@@H]2C[C@](C)(CC2O[N+](=O)[O-])[C@@H]1O. The lowest BCUT2D eigenvalue weighted by Gasteiger charge is -2.41. The summed E-state index contributed by atoms with van der Waals surface area (Å²) in [5.74, 6) is 0.0860. The van der Waals surface area contributed by atoms with Gasteiger partial charge < -0.3 is 9.94 Å². The van der Waals surface area contributed by atoms with E-state index in [9.17, 15) is 15.2 Å². The van der Waals surface area contributed by atoms with Crippen LogP contribution >= 0.6 is 0 Å². The van der Waals surface area contributed by atoms with Crippen LogP contribution in [0.15, 0.2) is 0 Å². The zero-order chi connectivity index (χ0) is 11.4. The van der Waals surface area contributed by atoms with Crippen LogP contribution < -0.4 is 0 Å². The van der Waals surface area contributed by atoms with Crippen molar-refractivity contribution in [3.05, 3.63) is 10.1 Å². The summed E-state index contributed by atoms with van der Waals surface area (Å²) in [5, 5.41) is 19.8. The molecule has 0 spiro atoms. The smallest absolute Gasteiger partial charge is 0.294 e. The molecule has 0 aromatic rings. The van der Waals surface area contributed by atoms with Crippen molar-refractivity contribution in [1.82, 2.24) is 0 Å². The van der Waals surface area contributed by atoms with Crippen LogP contribution in [0.4, 0.5) is 0 Å². The lowest BCUT2D eigenvalue weighted by atomic mass is 9.69.